The van der Waals surface area contributed by atoms with Gasteiger partial charge in [-0.2, -0.15) is 4.31 Å². The van der Waals surface area contributed by atoms with Crippen LogP contribution in [0.2, 0.25) is 0 Å². The molecule has 4 rings (SSSR count). The largest absolute Gasteiger partial charge is 0.355 e. The molecule has 34 heavy (non-hydrogen) atoms. The third kappa shape index (κ3) is 5.29. The molecule has 10 heteroatoms. The van der Waals surface area contributed by atoms with Gasteiger partial charge in [-0.15, -0.1) is 0 Å². The number of nitrogens with zero attached hydrogens (tertiary/aromatic N) is 2. The number of amides is 1. The summed E-state index contributed by atoms with van der Waals surface area (Å²) in [6, 6.07) is 13.4. The maximum absolute atomic E-state index is 14.0. The van der Waals surface area contributed by atoms with E-state index in [2.05, 4.69) is 26.4 Å². The Morgan fingerprint density at radius 3 is 2.79 bits per heavy atom. The number of carbonyl (C=O) groups excluding carboxylic acids is 1. The second-order valence-electron chi connectivity index (χ2n) is 8.02. The molecule has 1 atom stereocenters. The van der Waals surface area contributed by atoms with E-state index in [1.165, 1.54) is 29.4 Å². The molecule has 2 aromatic carbocycles. The van der Waals surface area contributed by atoms with Gasteiger partial charge in [-0.05, 0) is 56.2 Å². The summed E-state index contributed by atoms with van der Waals surface area (Å²) in [6.07, 6.45) is 3.96. The average Bonchev–Trinajstić information content (AvgIpc) is 3.19. The van der Waals surface area contributed by atoms with Gasteiger partial charge >= 0.3 is 0 Å². The van der Waals surface area contributed by atoms with Crippen LogP contribution in [0.5, 0.6) is 0 Å². The number of sulfonamides is 1. The number of piperidine rings is 1. The summed E-state index contributed by atoms with van der Waals surface area (Å²) < 4.78 is 48.4. The first kappa shape index (κ1) is 24.3. The highest BCUT2D eigenvalue weighted by Gasteiger charge is 2.37. The fourth-order valence-corrected chi connectivity index (χ4v) is 6.06. The van der Waals surface area contributed by atoms with Gasteiger partial charge in [-0.3, -0.25) is 4.79 Å². The van der Waals surface area contributed by atoms with Crippen molar-refractivity contribution < 1.29 is 22.1 Å². The summed E-state index contributed by atoms with van der Waals surface area (Å²) in [5, 5.41) is 6.68. The summed E-state index contributed by atoms with van der Waals surface area (Å²) >= 11 is 3.37. The maximum atomic E-state index is 14.0. The summed E-state index contributed by atoms with van der Waals surface area (Å²) in [5.41, 5.74) is 1.13. The zero-order chi connectivity index (χ0) is 24.3. The first-order valence-corrected chi connectivity index (χ1v) is 12.9. The van der Waals surface area contributed by atoms with Crippen LogP contribution in [0.15, 0.2) is 62.4 Å². The van der Waals surface area contributed by atoms with Crippen molar-refractivity contribution in [3.05, 3.63) is 75.8 Å². The standard InChI is InChI=1S/C24H23BrFN3O4S/c1-16-23(22(33-28-16)12-11-17-6-2-3-10-21(17)26)34(31,32)29-13-5-7-18(15-29)24(30)27-20-9-4-8-19(25)14-20/h2-4,6,8-12,14,18H,5,7,13,15H2,1H3,(H,27,30)/b12-11+/t18-/m1/s1. The molecule has 178 valence electrons. The number of nitrogens with one attached hydrogen (secondary N) is 1. The molecule has 1 saturated heterocycles. The van der Waals surface area contributed by atoms with Crippen LogP contribution in [0.3, 0.4) is 0 Å². The van der Waals surface area contributed by atoms with Gasteiger partial charge in [0.2, 0.25) is 15.9 Å². The van der Waals surface area contributed by atoms with Crippen LogP contribution in [0.25, 0.3) is 12.2 Å². The predicted molar refractivity (Wildman–Crippen MR) is 131 cm³/mol. The number of anilines is 1. The van der Waals surface area contributed by atoms with Gasteiger partial charge in [0.15, 0.2) is 10.7 Å². The van der Waals surface area contributed by atoms with Gasteiger partial charge in [-0.25, -0.2) is 12.8 Å². The normalized spacial score (nSPS) is 17.2. The lowest BCUT2D eigenvalue weighted by molar-refractivity contribution is -0.120. The van der Waals surface area contributed by atoms with E-state index in [0.717, 1.165) is 4.47 Å². The molecule has 3 aromatic rings. The third-order valence-electron chi connectivity index (χ3n) is 5.60. The van der Waals surface area contributed by atoms with E-state index in [-0.39, 0.29) is 35.3 Å². The number of hydrogen-bond donors (Lipinski definition) is 1. The molecule has 0 spiro atoms. The molecule has 1 N–H and O–H groups in total. The predicted octanol–water partition coefficient (Wildman–Crippen LogP) is 5.09. The Balaban J connectivity index is 1.54. The molecule has 0 saturated carbocycles. The van der Waals surface area contributed by atoms with Crippen LogP contribution in [-0.4, -0.2) is 36.9 Å². The van der Waals surface area contributed by atoms with Gasteiger partial charge in [0, 0.05) is 28.8 Å². The number of aromatic nitrogens is 1. The molecule has 1 fully saturated rings. The lowest BCUT2D eigenvalue weighted by Crippen LogP contribution is -2.43. The first-order chi connectivity index (χ1) is 16.3. The van der Waals surface area contributed by atoms with Crippen LogP contribution in [0.4, 0.5) is 10.1 Å². The monoisotopic (exact) mass is 547 g/mol. The zero-order valence-corrected chi connectivity index (χ0v) is 20.8. The summed E-state index contributed by atoms with van der Waals surface area (Å²) in [5.74, 6) is -1.16. The molecule has 2 heterocycles. The van der Waals surface area contributed by atoms with Crippen LogP contribution >= 0.6 is 15.9 Å². The van der Waals surface area contributed by atoms with Gasteiger partial charge in [0.1, 0.15) is 11.5 Å². The number of benzene rings is 2. The Bertz CT molecular complexity index is 1340. The van der Waals surface area contributed by atoms with Gasteiger partial charge in [-0.1, -0.05) is 45.4 Å². The Hall–Kier alpha value is -2.82. The Labute approximate surface area is 205 Å². The third-order valence-corrected chi connectivity index (χ3v) is 8.11. The molecule has 1 amide bonds. The molecular weight excluding hydrogens is 525 g/mol. The van der Waals surface area contributed by atoms with Crippen LogP contribution in [0.1, 0.15) is 29.9 Å². The topological polar surface area (TPSA) is 92.5 Å². The van der Waals surface area contributed by atoms with Crippen molar-refractivity contribution in [1.82, 2.24) is 9.46 Å². The van der Waals surface area contributed by atoms with E-state index < -0.39 is 21.8 Å². The zero-order valence-electron chi connectivity index (χ0n) is 18.4. The fraction of sp³-hybridized carbons (Fsp3) is 0.250. The number of carbonyl (C=O) groups is 1. The van der Waals surface area contributed by atoms with Crippen LogP contribution in [0, 0.1) is 18.7 Å². The SMILES string of the molecule is Cc1noc(/C=C/c2ccccc2F)c1S(=O)(=O)N1CCC[C@@H](C(=O)Nc2cccc(Br)c2)C1. The Kier molecular flexibility index (Phi) is 7.30. The second kappa shape index (κ2) is 10.2. The van der Waals surface area contributed by atoms with Crippen molar-refractivity contribution in [2.24, 2.45) is 5.92 Å². The van der Waals surface area contributed by atoms with E-state index in [9.17, 15) is 17.6 Å². The average molecular weight is 548 g/mol. The van der Waals surface area contributed by atoms with Crippen molar-refractivity contribution in [3.63, 3.8) is 0 Å². The van der Waals surface area contributed by atoms with Gasteiger partial charge < -0.3 is 9.84 Å². The Morgan fingerprint density at radius 1 is 1.24 bits per heavy atom. The van der Waals surface area contributed by atoms with E-state index >= 15 is 0 Å². The smallest absolute Gasteiger partial charge is 0.248 e. The number of aryl methyl sites for hydroxylation is 1. The van der Waals surface area contributed by atoms with Crippen LogP contribution < -0.4 is 5.32 Å². The molecule has 1 aliphatic heterocycles. The highest BCUT2D eigenvalue weighted by molar-refractivity contribution is 9.10. The van der Waals surface area contributed by atoms with Gasteiger partial charge in [0.05, 0.1) is 5.92 Å². The van der Waals surface area contributed by atoms with Gasteiger partial charge in [0.25, 0.3) is 0 Å². The molecule has 0 radical (unpaired) electrons. The summed E-state index contributed by atoms with van der Waals surface area (Å²) in [4.78, 5) is 12.8. The van der Waals surface area contributed by atoms with Crippen LogP contribution in [-0.2, 0) is 14.8 Å². The second-order valence-corrected chi connectivity index (χ2v) is 10.8. The summed E-state index contributed by atoms with van der Waals surface area (Å²) in [6.45, 7) is 1.87. The van der Waals surface area contributed by atoms with E-state index in [4.69, 9.17) is 4.52 Å². The minimum absolute atomic E-state index is 0.0152. The summed E-state index contributed by atoms with van der Waals surface area (Å²) in [7, 11) is -4.00. The minimum Gasteiger partial charge on any atom is -0.355 e. The van der Waals surface area contributed by atoms with E-state index in [1.807, 2.05) is 12.1 Å². The number of hydrogen-bond acceptors (Lipinski definition) is 5. The van der Waals surface area contributed by atoms with Crippen molar-refractivity contribution in [2.75, 3.05) is 18.4 Å². The molecule has 0 unspecified atom stereocenters. The minimum atomic E-state index is -4.00. The van der Waals surface area contributed by atoms with Crippen molar-refractivity contribution in [3.8, 4) is 0 Å². The maximum Gasteiger partial charge on any atom is 0.248 e. The molecule has 1 aromatic heterocycles. The first-order valence-electron chi connectivity index (χ1n) is 10.7. The molecule has 0 bridgehead atoms. The highest BCUT2D eigenvalue weighted by Crippen LogP contribution is 2.30. The van der Waals surface area contributed by atoms with Crippen molar-refractivity contribution in [2.45, 2.75) is 24.7 Å². The number of halogens is 2. The Morgan fingerprint density at radius 2 is 2.03 bits per heavy atom. The molecule has 1 aliphatic rings. The molecular formula is C24H23BrFN3O4S. The lowest BCUT2D eigenvalue weighted by Gasteiger charge is -2.31. The molecule has 0 aliphatic carbocycles. The van der Waals surface area contributed by atoms with Crippen molar-refractivity contribution in [1.29, 1.82) is 0 Å². The molecule has 7 nitrogen and oxygen atoms in total. The van der Waals surface area contributed by atoms with Crippen molar-refractivity contribution >= 4 is 49.7 Å². The fourth-order valence-electron chi connectivity index (χ4n) is 3.89. The highest BCUT2D eigenvalue weighted by atomic mass is 79.9. The van der Waals surface area contributed by atoms with E-state index in [0.29, 0.717) is 24.1 Å². The lowest BCUT2D eigenvalue weighted by atomic mass is 9.99. The quantitative estimate of drug-likeness (QED) is 0.463. The number of rotatable bonds is 6. The van der Waals surface area contributed by atoms with E-state index in [1.54, 1.807) is 30.3 Å².